The smallest absolute Gasteiger partial charge is 0.336 e. The summed E-state index contributed by atoms with van der Waals surface area (Å²) in [7, 11) is 0. The number of aryl methyl sites for hydroxylation is 2. The molecule has 1 N–H and O–H groups in total. The summed E-state index contributed by atoms with van der Waals surface area (Å²) in [4.78, 5) is 11.2. The fourth-order valence-electron chi connectivity index (χ4n) is 1.92. The van der Waals surface area contributed by atoms with E-state index in [0.29, 0.717) is 0 Å². The minimum absolute atomic E-state index is 0.0378. The Bertz CT molecular complexity index is 663. The molecule has 0 saturated carbocycles. The average Bonchev–Trinajstić information content (AvgIpc) is 2.35. The summed E-state index contributed by atoms with van der Waals surface area (Å²) in [6, 6.07) is 7.38. The van der Waals surface area contributed by atoms with Crippen molar-refractivity contribution in [1.29, 1.82) is 0 Å². The van der Waals surface area contributed by atoms with E-state index in [4.69, 9.17) is 5.11 Å². The third-order valence-electron chi connectivity index (χ3n) is 2.97. The van der Waals surface area contributed by atoms with Gasteiger partial charge in [0.25, 0.3) is 0 Å². The van der Waals surface area contributed by atoms with Crippen molar-refractivity contribution in [3.05, 3.63) is 58.7 Å². The van der Waals surface area contributed by atoms with Gasteiger partial charge in [-0.15, -0.1) is 0 Å². The summed E-state index contributed by atoms with van der Waals surface area (Å²) in [6.45, 7) is 3.22. The summed E-state index contributed by atoms with van der Waals surface area (Å²) in [5.41, 5.74) is 1.06. The van der Waals surface area contributed by atoms with Crippen LogP contribution >= 0.6 is 0 Å². The molecule has 0 radical (unpaired) electrons. The fraction of sp³-hybridized carbons (Fsp3) is 0.133. The highest BCUT2D eigenvalue weighted by Gasteiger charge is 2.18. The van der Waals surface area contributed by atoms with Crippen LogP contribution in [0.3, 0.4) is 0 Å². The Balaban J connectivity index is 2.75. The first-order chi connectivity index (χ1) is 8.91. The number of hydrogen-bond donors (Lipinski definition) is 1. The summed E-state index contributed by atoms with van der Waals surface area (Å²) in [5.74, 6) is -3.14. The van der Waals surface area contributed by atoms with Crippen LogP contribution in [0.2, 0.25) is 0 Å². The van der Waals surface area contributed by atoms with Crippen LogP contribution in [0.1, 0.15) is 21.5 Å². The molecule has 0 unspecified atom stereocenters. The van der Waals surface area contributed by atoms with Crippen molar-refractivity contribution in [2.75, 3.05) is 0 Å². The van der Waals surface area contributed by atoms with E-state index in [1.54, 1.807) is 13.0 Å². The van der Waals surface area contributed by atoms with E-state index in [0.717, 1.165) is 5.56 Å². The number of aromatic carboxylic acids is 1. The summed E-state index contributed by atoms with van der Waals surface area (Å²) < 4.78 is 27.5. The molecule has 0 amide bonds. The molecule has 0 aliphatic rings. The van der Waals surface area contributed by atoms with Crippen LogP contribution in [0.4, 0.5) is 8.78 Å². The lowest BCUT2D eigenvalue weighted by atomic mass is 9.96. The summed E-state index contributed by atoms with van der Waals surface area (Å²) in [5, 5.41) is 9.12. The molecule has 0 aliphatic heterocycles. The average molecular weight is 262 g/mol. The first-order valence-corrected chi connectivity index (χ1v) is 5.70. The maximum absolute atomic E-state index is 14.0. The second kappa shape index (κ2) is 4.80. The fourth-order valence-corrected chi connectivity index (χ4v) is 1.92. The minimum Gasteiger partial charge on any atom is -0.478 e. The molecule has 0 spiro atoms. The third kappa shape index (κ3) is 2.34. The van der Waals surface area contributed by atoms with Crippen molar-refractivity contribution in [2.45, 2.75) is 13.8 Å². The van der Waals surface area contributed by atoms with E-state index in [2.05, 4.69) is 0 Å². The zero-order valence-electron chi connectivity index (χ0n) is 10.5. The van der Waals surface area contributed by atoms with E-state index in [1.165, 1.54) is 31.2 Å². The molecule has 2 aromatic rings. The first kappa shape index (κ1) is 13.2. The van der Waals surface area contributed by atoms with Crippen LogP contribution < -0.4 is 0 Å². The maximum Gasteiger partial charge on any atom is 0.336 e. The molecule has 0 bridgehead atoms. The lowest BCUT2D eigenvalue weighted by molar-refractivity contribution is 0.0697. The number of hydrogen-bond acceptors (Lipinski definition) is 1. The summed E-state index contributed by atoms with van der Waals surface area (Å²) >= 11 is 0. The van der Waals surface area contributed by atoms with Gasteiger partial charge >= 0.3 is 5.97 Å². The molecule has 2 rings (SSSR count). The highest BCUT2D eigenvalue weighted by Crippen LogP contribution is 2.29. The van der Waals surface area contributed by atoms with Gasteiger partial charge in [0.2, 0.25) is 0 Å². The van der Waals surface area contributed by atoms with Crippen LogP contribution in [0.15, 0.2) is 30.3 Å². The molecule has 0 aliphatic carbocycles. The molecule has 2 aromatic carbocycles. The van der Waals surface area contributed by atoms with Gasteiger partial charge in [-0.3, -0.25) is 0 Å². The van der Waals surface area contributed by atoms with Crippen LogP contribution in [0.25, 0.3) is 11.1 Å². The molecule has 0 aromatic heterocycles. The van der Waals surface area contributed by atoms with Crippen molar-refractivity contribution in [3.8, 4) is 11.1 Å². The van der Waals surface area contributed by atoms with Gasteiger partial charge in [0, 0.05) is 5.56 Å². The molecule has 0 atom stereocenters. The SMILES string of the molecule is Cc1ccc(C(=O)O)c(-c2ccc(C)c(F)c2F)c1. The lowest BCUT2D eigenvalue weighted by Gasteiger charge is -2.10. The molecular formula is C15H12F2O2. The molecule has 4 heteroatoms. The Morgan fingerprint density at radius 3 is 2.32 bits per heavy atom. The van der Waals surface area contributed by atoms with E-state index >= 15 is 0 Å². The largest absolute Gasteiger partial charge is 0.478 e. The lowest BCUT2D eigenvalue weighted by Crippen LogP contribution is -2.02. The van der Waals surface area contributed by atoms with Gasteiger partial charge in [0.1, 0.15) is 0 Å². The first-order valence-electron chi connectivity index (χ1n) is 5.70. The Labute approximate surface area is 109 Å². The molecule has 0 fully saturated rings. The molecule has 0 saturated heterocycles. The zero-order valence-corrected chi connectivity index (χ0v) is 10.5. The van der Waals surface area contributed by atoms with Gasteiger partial charge in [-0.05, 0) is 31.0 Å². The number of benzene rings is 2. The predicted octanol–water partition coefficient (Wildman–Crippen LogP) is 3.95. The zero-order chi connectivity index (χ0) is 14.2. The Hall–Kier alpha value is -2.23. The van der Waals surface area contributed by atoms with Gasteiger partial charge in [-0.1, -0.05) is 29.8 Å². The number of carboxylic acids is 1. The standard InChI is InChI=1S/C15H12F2O2/c1-8-3-5-11(15(18)19)12(7-8)10-6-4-9(2)13(16)14(10)17/h3-7H,1-2H3,(H,18,19). The van der Waals surface area contributed by atoms with Crippen molar-refractivity contribution >= 4 is 5.97 Å². The quantitative estimate of drug-likeness (QED) is 0.889. The number of rotatable bonds is 2. The number of carbonyl (C=O) groups is 1. The van der Waals surface area contributed by atoms with Gasteiger partial charge in [0.05, 0.1) is 5.56 Å². The van der Waals surface area contributed by atoms with Crippen LogP contribution in [0, 0.1) is 25.5 Å². The van der Waals surface area contributed by atoms with Crippen LogP contribution in [0.5, 0.6) is 0 Å². The monoisotopic (exact) mass is 262 g/mol. The number of halogens is 2. The third-order valence-corrected chi connectivity index (χ3v) is 2.97. The maximum atomic E-state index is 14.0. The highest BCUT2D eigenvalue weighted by atomic mass is 19.2. The molecule has 2 nitrogen and oxygen atoms in total. The Morgan fingerprint density at radius 2 is 1.68 bits per heavy atom. The topological polar surface area (TPSA) is 37.3 Å². The van der Waals surface area contributed by atoms with Crippen molar-refractivity contribution in [1.82, 2.24) is 0 Å². The van der Waals surface area contributed by atoms with Crippen LogP contribution in [-0.4, -0.2) is 11.1 Å². The minimum atomic E-state index is -1.17. The Morgan fingerprint density at radius 1 is 1.00 bits per heavy atom. The van der Waals surface area contributed by atoms with Gasteiger partial charge in [-0.25, -0.2) is 13.6 Å². The van der Waals surface area contributed by atoms with Crippen molar-refractivity contribution < 1.29 is 18.7 Å². The highest BCUT2D eigenvalue weighted by molar-refractivity contribution is 5.96. The van der Waals surface area contributed by atoms with Crippen molar-refractivity contribution in [3.63, 3.8) is 0 Å². The van der Waals surface area contributed by atoms with E-state index in [9.17, 15) is 13.6 Å². The summed E-state index contributed by atoms with van der Waals surface area (Å²) in [6.07, 6.45) is 0. The normalized spacial score (nSPS) is 10.5. The Kier molecular flexibility index (Phi) is 3.34. The molecule has 98 valence electrons. The van der Waals surface area contributed by atoms with Gasteiger partial charge in [0.15, 0.2) is 11.6 Å². The molecule has 0 heterocycles. The molecular weight excluding hydrogens is 250 g/mol. The molecule has 19 heavy (non-hydrogen) atoms. The second-order valence-corrected chi connectivity index (χ2v) is 4.41. The number of carboxylic acid groups (broad SMARTS) is 1. The second-order valence-electron chi connectivity index (χ2n) is 4.41. The van der Waals surface area contributed by atoms with E-state index in [1.807, 2.05) is 0 Å². The predicted molar refractivity (Wildman–Crippen MR) is 68.2 cm³/mol. The van der Waals surface area contributed by atoms with E-state index < -0.39 is 17.6 Å². The van der Waals surface area contributed by atoms with Crippen molar-refractivity contribution in [2.24, 2.45) is 0 Å². The van der Waals surface area contributed by atoms with Crippen LogP contribution in [-0.2, 0) is 0 Å². The van der Waals surface area contributed by atoms with Gasteiger partial charge < -0.3 is 5.11 Å². The van der Waals surface area contributed by atoms with Gasteiger partial charge in [-0.2, -0.15) is 0 Å². The van der Waals surface area contributed by atoms with E-state index in [-0.39, 0.29) is 22.3 Å².